The number of hydrogen-bond donors (Lipinski definition) is 1. The predicted molar refractivity (Wildman–Crippen MR) is 103 cm³/mol. The fourth-order valence-electron chi connectivity index (χ4n) is 2.58. The van der Waals surface area contributed by atoms with Crippen molar-refractivity contribution in [3.8, 4) is 5.75 Å². The van der Waals surface area contributed by atoms with Crippen LogP contribution in [0.5, 0.6) is 5.75 Å². The first kappa shape index (κ1) is 19.6. The Bertz CT molecular complexity index is 807. The summed E-state index contributed by atoms with van der Waals surface area (Å²) < 4.78 is 0. The van der Waals surface area contributed by atoms with Gasteiger partial charge in [-0.25, -0.2) is 0 Å². The van der Waals surface area contributed by atoms with Gasteiger partial charge in [0.2, 0.25) is 0 Å². The number of nitro groups is 1. The van der Waals surface area contributed by atoms with E-state index in [1.54, 1.807) is 12.1 Å². The molecule has 0 bridgehead atoms. The van der Waals surface area contributed by atoms with Gasteiger partial charge in [-0.3, -0.25) is 10.1 Å². The molecule has 2 aromatic rings. The first-order valence-corrected chi connectivity index (χ1v) is 8.44. The number of non-ortho nitro benzene ring substituents is 1. The van der Waals surface area contributed by atoms with Gasteiger partial charge in [0.1, 0.15) is 5.75 Å². The van der Waals surface area contributed by atoms with Gasteiger partial charge >= 0.3 is 0 Å². The molecule has 0 aliphatic carbocycles. The number of rotatable bonds is 3. The lowest BCUT2D eigenvalue weighted by atomic mass is 9.79. The highest BCUT2D eigenvalue weighted by Crippen LogP contribution is 2.41. The van der Waals surface area contributed by atoms with Gasteiger partial charge in [0.15, 0.2) is 0 Å². The molecule has 0 fully saturated rings. The molecule has 6 nitrogen and oxygen atoms in total. The summed E-state index contributed by atoms with van der Waals surface area (Å²) in [6, 6.07) is 9.56. The van der Waals surface area contributed by atoms with Crippen molar-refractivity contribution in [3.63, 3.8) is 0 Å². The van der Waals surface area contributed by atoms with E-state index in [1.165, 1.54) is 12.1 Å². The zero-order valence-electron chi connectivity index (χ0n) is 16.1. The molecular weight excluding hydrogens is 330 g/mol. The summed E-state index contributed by atoms with van der Waals surface area (Å²) in [4.78, 5) is 10.3. The van der Waals surface area contributed by atoms with Crippen LogP contribution in [-0.4, -0.2) is 10.0 Å². The van der Waals surface area contributed by atoms with Gasteiger partial charge in [-0.15, -0.1) is 0 Å². The third-order valence-electron chi connectivity index (χ3n) is 4.05. The van der Waals surface area contributed by atoms with E-state index in [1.807, 2.05) is 53.7 Å². The number of nitrogens with zero attached hydrogens (tertiary/aromatic N) is 3. The summed E-state index contributed by atoms with van der Waals surface area (Å²) in [5.74, 6) is 0.291. The normalized spacial score (nSPS) is 12.5. The molecule has 0 heterocycles. The van der Waals surface area contributed by atoms with Gasteiger partial charge in [-0.05, 0) is 35.1 Å². The number of benzene rings is 2. The van der Waals surface area contributed by atoms with Crippen molar-refractivity contribution in [2.45, 2.75) is 52.4 Å². The largest absolute Gasteiger partial charge is 0.507 e. The minimum Gasteiger partial charge on any atom is -0.507 e. The van der Waals surface area contributed by atoms with E-state index >= 15 is 0 Å². The zero-order valence-corrected chi connectivity index (χ0v) is 16.1. The van der Waals surface area contributed by atoms with Crippen LogP contribution in [0.25, 0.3) is 0 Å². The summed E-state index contributed by atoms with van der Waals surface area (Å²) in [7, 11) is 0. The van der Waals surface area contributed by atoms with Gasteiger partial charge in [-0.2, -0.15) is 10.2 Å². The Morgan fingerprint density at radius 1 is 0.846 bits per heavy atom. The topological polar surface area (TPSA) is 88.1 Å². The van der Waals surface area contributed by atoms with Crippen LogP contribution >= 0.6 is 0 Å². The van der Waals surface area contributed by atoms with Gasteiger partial charge in [0, 0.05) is 23.3 Å². The molecule has 0 aromatic heterocycles. The van der Waals surface area contributed by atoms with Gasteiger partial charge in [0.25, 0.3) is 5.69 Å². The van der Waals surface area contributed by atoms with Crippen molar-refractivity contribution in [3.05, 3.63) is 57.6 Å². The first-order chi connectivity index (χ1) is 11.9. The number of hydrogen-bond acceptors (Lipinski definition) is 5. The predicted octanol–water partition coefficient (Wildman–Crippen LogP) is 6.31. The van der Waals surface area contributed by atoms with Crippen molar-refractivity contribution >= 4 is 17.1 Å². The molecule has 0 aliphatic heterocycles. The molecule has 0 saturated carbocycles. The van der Waals surface area contributed by atoms with Crippen LogP contribution in [0, 0.1) is 10.1 Å². The van der Waals surface area contributed by atoms with E-state index in [9.17, 15) is 15.2 Å². The third kappa shape index (κ3) is 4.45. The van der Waals surface area contributed by atoms with Crippen LogP contribution in [0.1, 0.15) is 52.7 Å². The Balaban J connectivity index is 2.47. The second-order valence-electron chi connectivity index (χ2n) is 8.36. The van der Waals surface area contributed by atoms with Crippen molar-refractivity contribution in [2.24, 2.45) is 10.2 Å². The van der Waals surface area contributed by atoms with E-state index in [4.69, 9.17) is 0 Å². The summed E-state index contributed by atoms with van der Waals surface area (Å²) in [6.07, 6.45) is 0. The monoisotopic (exact) mass is 355 g/mol. The van der Waals surface area contributed by atoms with Gasteiger partial charge in [0.05, 0.1) is 16.3 Å². The first-order valence-electron chi connectivity index (χ1n) is 8.44. The van der Waals surface area contributed by atoms with Crippen molar-refractivity contribution in [1.29, 1.82) is 0 Å². The Hall–Kier alpha value is -2.76. The van der Waals surface area contributed by atoms with E-state index in [0.29, 0.717) is 17.1 Å². The molecule has 1 N–H and O–H groups in total. The van der Waals surface area contributed by atoms with Crippen molar-refractivity contribution in [1.82, 2.24) is 0 Å². The molecule has 0 unspecified atom stereocenters. The molecule has 0 spiro atoms. The average molecular weight is 355 g/mol. The number of phenolic OH excluding ortho intramolecular Hbond substituents is 1. The summed E-state index contributed by atoms with van der Waals surface area (Å²) in [5, 5.41) is 29.9. The lowest BCUT2D eigenvalue weighted by molar-refractivity contribution is -0.384. The molecule has 0 radical (unpaired) electrons. The second-order valence-corrected chi connectivity index (χ2v) is 8.36. The van der Waals surface area contributed by atoms with Crippen LogP contribution < -0.4 is 0 Å². The molecule has 138 valence electrons. The quantitative estimate of drug-likeness (QED) is 0.397. The maximum atomic E-state index is 10.7. The van der Waals surface area contributed by atoms with Crippen molar-refractivity contribution < 1.29 is 10.0 Å². The molecular formula is C20H25N3O3. The van der Waals surface area contributed by atoms with E-state index in [2.05, 4.69) is 10.2 Å². The average Bonchev–Trinajstić information content (AvgIpc) is 2.52. The summed E-state index contributed by atoms with van der Waals surface area (Å²) >= 11 is 0. The fraction of sp³-hybridized carbons (Fsp3) is 0.400. The number of aromatic hydroxyl groups is 1. The number of azo groups is 1. The highest BCUT2D eigenvalue weighted by molar-refractivity contribution is 5.56. The molecule has 0 saturated heterocycles. The molecule has 2 aromatic carbocycles. The minimum absolute atomic E-state index is 0.0126. The standard InChI is InChI=1S/C20H25N3O3/c1-19(2,3)16-11-14(12-17(18(16)24)20(4,5)6)22-21-13-7-9-15(10-8-13)23(25)26/h7-12,24H,1-6H3/b22-21+. The molecule has 2 rings (SSSR count). The zero-order chi connectivity index (χ0) is 19.7. The second kappa shape index (κ2) is 6.86. The Labute approximate surface area is 153 Å². The third-order valence-corrected chi connectivity index (χ3v) is 4.05. The molecule has 0 atom stereocenters. The lowest BCUT2D eigenvalue weighted by Gasteiger charge is -2.27. The van der Waals surface area contributed by atoms with Crippen LogP contribution in [0.4, 0.5) is 17.1 Å². The molecule has 0 aliphatic rings. The smallest absolute Gasteiger partial charge is 0.269 e. The lowest BCUT2D eigenvalue weighted by Crippen LogP contribution is -2.16. The summed E-state index contributed by atoms with van der Waals surface area (Å²) in [5.41, 5.74) is 2.30. The Morgan fingerprint density at radius 3 is 1.65 bits per heavy atom. The summed E-state index contributed by atoms with van der Waals surface area (Å²) in [6.45, 7) is 12.2. The number of nitro benzene ring substituents is 1. The van der Waals surface area contributed by atoms with E-state index < -0.39 is 4.92 Å². The number of phenols is 1. The Kier molecular flexibility index (Phi) is 5.16. The highest BCUT2D eigenvalue weighted by atomic mass is 16.6. The van der Waals surface area contributed by atoms with E-state index in [-0.39, 0.29) is 16.5 Å². The molecule has 26 heavy (non-hydrogen) atoms. The maximum absolute atomic E-state index is 10.7. The van der Waals surface area contributed by atoms with Crippen LogP contribution in [0.15, 0.2) is 46.6 Å². The molecule has 6 heteroatoms. The van der Waals surface area contributed by atoms with Gasteiger partial charge < -0.3 is 5.11 Å². The fourth-order valence-corrected chi connectivity index (χ4v) is 2.58. The Morgan fingerprint density at radius 2 is 1.27 bits per heavy atom. The highest BCUT2D eigenvalue weighted by Gasteiger charge is 2.26. The van der Waals surface area contributed by atoms with Gasteiger partial charge in [-0.1, -0.05) is 41.5 Å². The maximum Gasteiger partial charge on any atom is 0.269 e. The minimum atomic E-state index is -0.452. The molecule has 0 amide bonds. The van der Waals surface area contributed by atoms with Crippen LogP contribution in [-0.2, 0) is 10.8 Å². The van der Waals surface area contributed by atoms with Crippen LogP contribution in [0.2, 0.25) is 0 Å². The van der Waals surface area contributed by atoms with Crippen molar-refractivity contribution in [2.75, 3.05) is 0 Å². The van der Waals surface area contributed by atoms with E-state index in [0.717, 1.165) is 11.1 Å². The van der Waals surface area contributed by atoms with Crippen LogP contribution in [0.3, 0.4) is 0 Å². The SMILES string of the molecule is CC(C)(C)c1cc(/N=N/c2ccc([N+](=O)[O-])cc2)cc(C(C)(C)C)c1O.